The molecule has 0 unspecified atom stereocenters. The number of aliphatic imine (C=N–C) groups is 1. The summed E-state index contributed by atoms with van der Waals surface area (Å²) in [5.41, 5.74) is 0. The summed E-state index contributed by atoms with van der Waals surface area (Å²) in [4.78, 5) is 33.4. The van der Waals surface area contributed by atoms with Crippen LogP contribution in [0, 0.1) is 0 Å². The highest BCUT2D eigenvalue weighted by Gasteiger charge is 2.24. The monoisotopic (exact) mass is 323 g/mol. The second-order valence-electron chi connectivity index (χ2n) is 6.55. The normalized spacial score (nSPS) is 19.9. The Kier molecular flexibility index (Phi) is 6.24. The van der Waals surface area contributed by atoms with Crippen LogP contribution in [0.25, 0.3) is 0 Å². The summed E-state index contributed by atoms with van der Waals surface area (Å²) >= 11 is 0. The van der Waals surface area contributed by atoms with Gasteiger partial charge in [-0.2, -0.15) is 0 Å². The van der Waals surface area contributed by atoms with Crippen molar-refractivity contribution in [3.8, 4) is 0 Å². The third kappa shape index (κ3) is 5.11. The fourth-order valence-electron chi connectivity index (χ4n) is 3.01. The maximum atomic E-state index is 11.8. The second kappa shape index (κ2) is 8.17. The van der Waals surface area contributed by atoms with Crippen LogP contribution >= 0.6 is 0 Å². The van der Waals surface area contributed by atoms with Gasteiger partial charge in [-0.15, -0.1) is 0 Å². The molecule has 1 N–H and O–H groups in total. The number of hydrogen-bond acceptors (Lipinski definition) is 3. The predicted molar refractivity (Wildman–Crippen MR) is 90.2 cm³/mol. The summed E-state index contributed by atoms with van der Waals surface area (Å²) in [6.45, 7) is 4.71. The SMILES string of the molecule is CC(=O)N1CCN(C(=NCC(=O)N(C)C)NC2CCCC2)CC1. The lowest BCUT2D eigenvalue weighted by molar-refractivity contribution is -0.130. The molecular weight excluding hydrogens is 294 g/mol. The number of hydrogen-bond donors (Lipinski definition) is 1. The van der Waals surface area contributed by atoms with Gasteiger partial charge in [0.2, 0.25) is 11.8 Å². The van der Waals surface area contributed by atoms with E-state index >= 15 is 0 Å². The van der Waals surface area contributed by atoms with Crippen LogP contribution < -0.4 is 5.32 Å². The van der Waals surface area contributed by atoms with E-state index in [1.54, 1.807) is 25.9 Å². The topological polar surface area (TPSA) is 68.2 Å². The zero-order valence-electron chi connectivity index (χ0n) is 14.5. The highest BCUT2D eigenvalue weighted by Crippen LogP contribution is 2.18. The number of rotatable bonds is 3. The smallest absolute Gasteiger partial charge is 0.243 e. The summed E-state index contributed by atoms with van der Waals surface area (Å²) in [6.07, 6.45) is 4.82. The molecule has 1 saturated carbocycles. The molecule has 0 aromatic rings. The summed E-state index contributed by atoms with van der Waals surface area (Å²) < 4.78 is 0. The first-order chi connectivity index (χ1) is 11.0. The Morgan fingerprint density at radius 3 is 2.17 bits per heavy atom. The molecule has 7 heteroatoms. The number of amides is 2. The molecular formula is C16H29N5O2. The number of nitrogens with zero attached hydrogens (tertiary/aromatic N) is 4. The van der Waals surface area contributed by atoms with Crippen LogP contribution in [-0.4, -0.2) is 85.3 Å². The van der Waals surface area contributed by atoms with Crippen LogP contribution in [0.3, 0.4) is 0 Å². The van der Waals surface area contributed by atoms with Crippen molar-refractivity contribution in [3.05, 3.63) is 0 Å². The molecule has 2 fully saturated rings. The van der Waals surface area contributed by atoms with Gasteiger partial charge in [-0.25, -0.2) is 4.99 Å². The predicted octanol–water partition coefficient (Wildman–Crippen LogP) is 0.127. The Morgan fingerprint density at radius 1 is 1.09 bits per heavy atom. The molecule has 130 valence electrons. The van der Waals surface area contributed by atoms with E-state index in [0.717, 1.165) is 31.9 Å². The molecule has 0 bridgehead atoms. The van der Waals surface area contributed by atoms with Gasteiger partial charge < -0.3 is 20.0 Å². The van der Waals surface area contributed by atoms with E-state index in [0.29, 0.717) is 19.1 Å². The molecule has 2 amide bonds. The Hall–Kier alpha value is -1.79. The van der Waals surface area contributed by atoms with Gasteiger partial charge in [-0.1, -0.05) is 12.8 Å². The molecule has 1 aliphatic heterocycles. The van der Waals surface area contributed by atoms with Gasteiger partial charge >= 0.3 is 0 Å². The van der Waals surface area contributed by atoms with Crippen molar-refractivity contribution in [3.63, 3.8) is 0 Å². The van der Waals surface area contributed by atoms with Crippen molar-refractivity contribution in [2.75, 3.05) is 46.8 Å². The second-order valence-corrected chi connectivity index (χ2v) is 6.55. The number of nitrogens with one attached hydrogen (secondary N) is 1. The molecule has 0 spiro atoms. The maximum Gasteiger partial charge on any atom is 0.243 e. The summed E-state index contributed by atoms with van der Waals surface area (Å²) in [5.74, 6) is 0.933. The van der Waals surface area contributed by atoms with E-state index in [1.165, 1.54) is 12.8 Å². The Balaban J connectivity index is 1.99. The van der Waals surface area contributed by atoms with Crippen molar-refractivity contribution in [2.45, 2.75) is 38.6 Å². The third-order valence-electron chi connectivity index (χ3n) is 4.58. The van der Waals surface area contributed by atoms with Crippen LogP contribution in [0.4, 0.5) is 0 Å². The molecule has 1 saturated heterocycles. The highest BCUT2D eigenvalue weighted by molar-refractivity contribution is 5.85. The average molecular weight is 323 g/mol. The summed E-state index contributed by atoms with van der Waals surface area (Å²) in [7, 11) is 3.49. The third-order valence-corrected chi connectivity index (χ3v) is 4.58. The van der Waals surface area contributed by atoms with Crippen LogP contribution in [0.1, 0.15) is 32.6 Å². The van der Waals surface area contributed by atoms with E-state index in [-0.39, 0.29) is 18.4 Å². The zero-order valence-corrected chi connectivity index (χ0v) is 14.5. The maximum absolute atomic E-state index is 11.8. The molecule has 0 aromatic heterocycles. The van der Waals surface area contributed by atoms with Crippen molar-refractivity contribution >= 4 is 17.8 Å². The van der Waals surface area contributed by atoms with Gasteiger partial charge in [0.1, 0.15) is 6.54 Å². The minimum Gasteiger partial charge on any atom is -0.353 e. The molecule has 2 rings (SSSR count). The van der Waals surface area contributed by atoms with Crippen LogP contribution in [-0.2, 0) is 9.59 Å². The van der Waals surface area contributed by atoms with E-state index in [4.69, 9.17) is 0 Å². The minimum atomic E-state index is -0.00176. The van der Waals surface area contributed by atoms with Crippen LogP contribution in [0.5, 0.6) is 0 Å². The molecule has 0 atom stereocenters. The lowest BCUT2D eigenvalue weighted by Gasteiger charge is -2.37. The van der Waals surface area contributed by atoms with Crippen molar-refractivity contribution in [1.82, 2.24) is 20.0 Å². The summed E-state index contributed by atoms with van der Waals surface area (Å²) in [6, 6.07) is 0.453. The summed E-state index contributed by atoms with van der Waals surface area (Å²) in [5, 5.41) is 3.53. The first-order valence-corrected chi connectivity index (χ1v) is 8.49. The first-order valence-electron chi connectivity index (χ1n) is 8.49. The Labute approximate surface area is 138 Å². The molecule has 0 aromatic carbocycles. The number of carbonyl (C=O) groups is 2. The van der Waals surface area contributed by atoms with Crippen molar-refractivity contribution < 1.29 is 9.59 Å². The fourth-order valence-corrected chi connectivity index (χ4v) is 3.01. The number of carbonyl (C=O) groups excluding carboxylic acids is 2. The molecule has 7 nitrogen and oxygen atoms in total. The van der Waals surface area contributed by atoms with E-state index in [9.17, 15) is 9.59 Å². The number of guanidine groups is 1. The van der Waals surface area contributed by atoms with Gasteiger partial charge in [0, 0.05) is 53.2 Å². The van der Waals surface area contributed by atoms with Gasteiger partial charge in [-0.3, -0.25) is 9.59 Å². The lowest BCUT2D eigenvalue weighted by Crippen LogP contribution is -2.54. The quantitative estimate of drug-likeness (QED) is 0.592. The van der Waals surface area contributed by atoms with E-state index < -0.39 is 0 Å². The highest BCUT2D eigenvalue weighted by atomic mass is 16.2. The Bertz CT molecular complexity index is 449. The van der Waals surface area contributed by atoms with Gasteiger partial charge in [-0.05, 0) is 12.8 Å². The largest absolute Gasteiger partial charge is 0.353 e. The molecule has 0 radical (unpaired) electrons. The van der Waals surface area contributed by atoms with Crippen molar-refractivity contribution in [1.29, 1.82) is 0 Å². The van der Waals surface area contributed by atoms with Crippen LogP contribution in [0.15, 0.2) is 4.99 Å². The zero-order chi connectivity index (χ0) is 16.8. The van der Waals surface area contributed by atoms with Crippen LogP contribution in [0.2, 0.25) is 0 Å². The van der Waals surface area contributed by atoms with E-state index in [1.807, 2.05) is 4.90 Å². The molecule has 23 heavy (non-hydrogen) atoms. The Morgan fingerprint density at radius 2 is 1.65 bits per heavy atom. The average Bonchev–Trinajstić information content (AvgIpc) is 3.04. The lowest BCUT2D eigenvalue weighted by atomic mass is 10.2. The van der Waals surface area contributed by atoms with Gasteiger partial charge in [0.25, 0.3) is 0 Å². The van der Waals surface area contributed by atoms with Crippen molar-refractivity contribution in [2.24, 2.45) is 4.99 Å². The standard InChI is InChI=1S/C16H29N5O2/c1-13(22)20-8-10-21(11-9-20)16(17-12-15(23)19(2)3)18-14-6-4-5-7-14/h14H,4-12H2,1-3H3,(H,17,18). The first kappa shape index (κ1) is 17.6. The fraction of sp³-hybridized carbons (Fsp3) is 0.812. The number of piperazine rings is 1. The van der Waals surface area contributed by atoms with Gasteiger partial charge in [0.05, 0.1) is 0 Å². The van der Waals surface area contributed by atoms with Gasteiger partial charge in [0.15, 0.2) is 5.96 Å². The molecule has 2 aliphatic rings. The molecule has 1 heterocycles. The van der Waals surface area contributed by atoms with E-state index in [2.05, 4.69) is 15.2 Å². The minimum absolute atomic E-state index is 0.00176. The number of likely N-dealkylation sites (N-methyl/N-ethyl adjacent to an activating group) is 1. The molecule has 1 aliphatic carbocycles.